The maximum Gasteiger partial charge on any atom is 0.0464 e. The molecule has 2 aromatic rings. The van der Waals surface area contributed by atoms with Crippen LogP contribution in [0.15, 0.2) is 24.9 Å². The molecule has 0 amide bonds. The smallest absolute Gasteiger partial charge is 0.0464 e. The van der Waals surface area contributed by atoms with Crippen LogP contribution < -0.4 is 5.73 Å². The summed E-state index contributed by atoms with van der Waals surface area (Å²) in [6.07, 6.45) is 1.99. The number of anilines is 1. The summed E-state index contributed by atoms with van der Waals surface area (Å²) >= 11 is 0. The molecule has 2 heteroatoms. The maximum absolute atomic E-state index is 5.94. The van der Waals surface area contributed by atoms with Crippen molar-refractivity contribution in [3.05, 3.63) is 36.0 Å². The first-order valence-electron chi connectivity index (χ1n) is 4.62. The number of nitrogen functional groups attached to an aromatic ring is 1. The Morgan fingerprint density at radius 3 is 2.86 bits per heavy atom. The van der Waals surface area contributed by atoms with Crippen LogP contribution in [-0.2, 0) is 0 Å². The van der Waals surface area contributed by atoms with Crippen LogP contribution in [0.4, 0.5) is 5.69 Å². The average molecular weight is 190 g/mol. The third-order valence-electron chi connectivity index (χ3n) is 2.52. The second-order valence-electron chi connectivity index (χ2n) is 3.74. The first-order valence-corrected chi connectivity index (χ1v) is 4.62. The molecular weight excluding hydrogens is 172 g/mol. The molecule has 1 aromatic heterocycles. The molecule has 0 saturated heterocycles. The lowest BCUT2D eigenvalue weighted by molar-refractivity contribution is 1.42. The van der Waals surface area contributed by atoms with E-state index in [2.05, 4.69) is 24.6 Å². The Labute approximate surface area is 86.4 Å². The number of nitrogens with two attached hydrogens (primary N) is 1. The third-order valence-corrected chi connectivity index (χ3v) is 2.52. The van der Waals surface area contributed by atoms with Crippen molar-refractivity contribution in [2.45, 2.75) is 13.8 Å². The van der Waals surface area contributed by atoms with Gasteiger partial charge < -0.3 is 10.7 Å². The number of nitrogens with one attached hydrogen (secondary N) is 1. The number of hydrogen-bond acceptors (Lipinski definition) is 1. The van der Waals surface area contributed by atoms with E-state index in [1.807, 2.05) is 19.2 Å². The number of allylic oxidation sites excluding steroid dienone is 1. The van der Waals surface area contributed by atoms with Gasteiger partial charge >= 0.3 is 0 Å². The number of rotatable bonds is 1. The minimum absolute atomic E-state index is 0. The Morgan fingerprint density at radius 2 is 2.21 bits per heavy atom. The third kappa shape index (κ3) is 1.20. The second kappa shape index (κ2) is 2.91. The van der Waals surface area contributed by atoms with E-state index in [-0.39, 0.29) is 2.85 Å². The zero-order valence-corrected chi connectivity index (χ0v) is 8.52. The predicted octanol–water partition coefficient (Wildman–Crippen LogP) is 3.58. The fourth-order valence-electron chi connectivity index (χ4n) is 1.70. The van der Waals surface area contributed by atoms with Crippen molar-refractivity contribution in [2.24, 2.45) is 0 Å². The number of H-pyrrole nitrogens is 1. The monoisotopic (exact) mass is 190 g/mol. The van der Waals surface area contributed by atoms with Gasteiger partial charge in [0.2, 0.25) is 0 Å². The van der Waals surface area contributed by atoms with Crippen molar-refractivity contribution < 1.29 is 2.85 Å². The van der Waals surface area contributed by atoms with Crippen LogP contribution in [0.3, 0.4) is 0 Å². The quantitative estimate of drug-likeness (QED) is 0.663. The predicted molar refractivity (Wildman–Crippen MR) is 66.4 cm³/mol. The SMILES string of the molecule is C=C(C)c1cc2[nH]cc(C)c2cc1N.[HH].[HH]. The molecule has 2 nitrogen and oxygen atoms in total. The van der Waals surface area contributed by atoms with Crippen LogP contribution in [0, 0.1) is 6.92 Å². The van der Waals surface area contributed by atoms with Gasteiger partial charge in [-0.1, -0.05) is 6.58 Å². The number of aromatic amines is 1. The highest BCUT2D eigenvalue weighted by Gasteiger charge is 2.05. The molecule has 76 valence electrons. The van der Waals surface area contributed by atoms with E-state index >= 15 is 0 Å². The molecule has 0 bridgehead atoms. The van der Waals surface area contributed by atoms with Crippen molar-refractivity contribution in [2.75, 3.05) is 5.73 Å². The molecule has 0 saturated carbocycles. The number of benzene rings is 1. The Balaban J connectivity index is 0.00000112. The topological polar surface area (TPSA) is 41.8 Å². The molecule has 0 aliphatic carbocycles. The Bertz CT molecular complexity index is 515. The molecule has 2 rings (SSSR count). The van der Waals surface area contributed by atoms with Gasteiger partial charge in [-0.15, -0.1) is 0 Å². The fourth-order valence-corrected chi connectivity index (χ4v) is 1.70. The number of hydrogen-bond donors (Lipinski definition) is 2. The molecule has 0 radical (unpaired) electrons. The van der Waals surface area contributed by atoms with Gasteiger partial charge in [0.1, 0.15) is 0 Å². The van der Waals surface area contributed by atoms with Crippen LogP contribution in [0.2, 0.25) is 0 Å². The molecule has 0 spiro atoms. The van der Waals surface area contributed by atoms with Crippen LogP contribution in [0.5, 0.6) is 0 Å². The summed E-state index contributed by atoms with van der Waals surface area (Å²) < 4.78 is 0. The van der Waals surface area contributed by atoms with Gasteiger partial charge in [-0.2, -0.15) is 0 Å². The molecule has 1 heterocycles. The van der Waals surface area contributed by atoms with E-state index in [0.29, 0.717) is 0 Å². The molecule has 0 aliphatic heterocycles. The highest BCUT2D eigenvalue weighted by molar-refractivity contribution is 5.91. The zero-order chi connectivity index (χ0) is 10.3. The van der Waals surface area contributed by atoms with Crippen LogP contribution >= 0.6 is 0 Å². The van der Waals surface area contributed by atoms with Crippen LogP contribution in [-0.4, -0.2) is 4.98 Å². The Morgan fingerprint density at radius 1 is 1.50 bits per heavy atom. The minimum Gasteiger partial charge on any atom is -0.398 e. The lowest BCUT2D eigenvalue weighted by atomic mass is 10.0. The minimum atomic E-state index is 0. The van der Waals surface area contributed by atoms with Gasteiger partial charge in [-0.3, -0.25) is 0 Å². The van der Waals surface area contributed by atoms with Gasteiger partial charge in [-0.05, 0) is 37.1 Å². The van der Waals surface area contributed by atoms with Gasteiger partial charge in [-0.25, -0.2) is 0 Å². The molecular formula is C12H18N2. The van der Waals surface area contributed by atoms with Crippen LogP contribution in [0.25, 0.3) is 16.5 Å². The molecule has 0 unspecified atom stereocenters. The first-order chi connectivity index (χ1) is 6.59. The molecule has 0 atom stereocenters. The van der Waals surface area contributed by atoms with E-state index in [1.54, 1.807) is 0 Å². The van der Waals surface area contributed by atoms with Crippen molar-refractivity contribution in [3.8, 4) is 0 Å². The van der Waals surface area contributed by atoms with Crippen molar-refractivity contribution in [3.63, 3.8) is 0 Å². The largest absolute Gasteiger partial charge is 0.398 e. The summed E-state index contributed by atoms with van der Waals surface area (Å²) in [5.74, 6) is 0. The van der Waals surface area contributed by atoms with Gasteiger partial charge in [0.15, 0.2) is 0 Å². The fraction of sp³-hybridized carbons (Fsp3) is 0.167. The number of fused-ring (bicyclic) bond motifs is 1. The van der Waals surface area contributed by atoms with Crippen molar-refractivity contribution in [1.82, 2.24) is 4.98 Å². The van der Waals surface area contributed by atoms with Crippen molar-refractivity contribution in [1.29, 1.82) is 0 Å². The Kier molecular flexibility index (Phi) is 1.84. The normalized spacial score (nSPS) is 10.7. The summed E-state index contributed by atoms with van der Waals surface area (Å²) in [6, 6.07) is 4.06. The molecule has 3 N–H and O–H groups in total. The van der Waals surface area contributed by atoms with E-state index in [0.717, 1.165) is 22.3 Å². The summed E-state index contributed by atoms with van der Waals surface area (Å²) in [7, 11) is 0. The van der Waals surface area contributed by atoms with Crippen LogP contribution in [0.1, 0.15) is 20.9 Å². The first kappa shape index (κ1) is 8.88. The van der Waals surface area contributed by atoms with Gasteiger partial charge in [0.05, 0.1) is 0 Å². The molecule has 1 aromatic carbocycles. The molecule has 0 aliphatic rings. The second-order valence-corrected chi connectivity index (χ2v) is 3.74. The van der Waals surface area contributed by atoms with Gasteiger partial charge in [0.25, 0.3) is 0 Å². The zero-order valence-electron chi connectivity index (χ0n) is 8.52. The maximum atomic E-state index is 5.94. The summed E-state index contributed by atoms with van der Waals surface area (Å²) in [5.41, 5.74) is 11.1. The lowest BCUT2D eigenvalue weighted by Crippen LogP contribution is -1.91. The van der Waals surface area contributed by atoms with E-state index in [1.165, 1.54) is 10.9 Å². The standard InChI is InChI=1S/C12H14N2.2H2/c1-7(2)9-5-12-10(4-11(9)13)8(3)6-14-12;;/h4-6,14H,1,13H2,2-3H3;2*1H. The summed E-state index contributed by atoms with van der Waals surface area (Å²) in [6.45, 7) is 7.94. The van der Waals surface area contributed by atoms with E-state index in [9.17, 15) is 0 Å². The van der Waals surface area contributed by atoms with E-state index < -0.39 is 0 Å². The summed E-state index contributed by atoms with van der Waals surface area (Å²) in [4.78, 5) is 3.21. The van der Waals surface area contributed by atoms with Gasteiger partial charge in [0, 0.05) is 31.2 Å². The van der Waals surface area contributed by atoms with E-state index in [4.69, 9.17) is 5.73 Å². The number of aryl methyl sites for hydroxylation is 1. The number of aromatic nitrogens is 1. The average Bonchev–Trinajstić information content (AvgIpc) is 2.46. The highest BCUT2D eigenvalue weighted by Crippen LogP contribution is 2.27. The molecule has 0 fully saturated rings. The highest BCUT2D eigenvalue weighted by atomic mass is 14.7. The summed E-state index contributed by atoms with van der Waals surface area (Å²) in [5, 5.41) is 1.19. The lowest BCUT2D eigenvalue weighted by Gasteiger charge is -2.05. The van der Waals surface area contributed by atoms with Crippen molar-refractivity contribution >= 4 is 22.2 Å². The molecule has 14 heavy (non-hydrogen) atoms. The Hall–Kier alpha value is -1.70.